The van der Waals surface area contributed by atoms with Crippen LogP contribution in [0.3, 0.4) is 0 Å². The average Bonchev–Trinajstić information content (AvgIpc) is 2.74. The molecule has 0 bridgehead atoms. The molecule has 1 amide bonds. The molecule has 1 aliphatic heterocycles. The van der Waals surface area contributed by atoms with Crippen molar-refractivity contribution in [2.75, 3.05) is 38.3 Å². The molecule has 0 saturated carbocycles. The second-order valence-electron chi connectivity index (χ2n) is 7.44. The van der Waals surface area contributed by atoms with Gasteiger partial charge in [-0.05, 0) is 71.7 Å². The summed E-state index contributed by atoms with van der Waals surface area (Å²) >= 11 is 3.48. The van der Waals surface area contributed by atoms with E-state index in [1.165, 1.54) is 32.3 Å². The molecule has 0 aromatic heterocycles. The van der Waals surface area contributed by atoms with Crippen molar-refractivity contribution in [1.82, 2.24) is 4.90 Å². The van der Waals surface area contributed by atoms with E-state index in [4.69, 9.17) is 9.47 Å². The lowest BCUT2D eigenvalue weighted by Gasteiger charge is -2.26. The van der Waals surface area contributed by atoms with E-state index in [0.29, 0.717) is 23.6 Å². The van der Waals surface area contributed by atoms with Gasteiger partial charge < -0.3 is 14.4 Å². The van der Waals surface area contributed by atoms with Crippen molar-refractivity contribution in [1.29, 1.82) is 0 Å². The van der Waals surface area contributed by atoms with Crippen LogP contribution < -0.4 is 14.4 Å². The molecule has 0 unspecified atom stereocenters. The number of amides is 1. The molecule has 1 fully saturated rings. The lowest BCUT2D eigenvalue weighted by molar-refractivity contribution is -0.116. The standard InChI is InChI=1S/C23H28BrFN2O3/c1-17(28)27(22-15-19(29-2)7-8-20(22)24)16-18-6-9-23(21(25)14-18)30-13-12-26-10-4-3-5-11-26/h6-9,14-15H,3-5,10-13,16H2,1-2H3. The minimum absolute atomic E-state index is 0.147. The van der Waals surface area contributed by atoms with E-state index in [9.17, 15) is 9.18 Å². The van der Waals surface area contributed by atoms with Gasteiger partial charge in [-0.3, -0.25) is 9.69 Å². The number of ether oxygens (including phenoxy) is 2. The van der Waals surface area contributed by atoms with E-state index >= 15 is 0 Å². The van der Waals surface area contributed by atoms with Gasteiger partial charge in [-0.15, -0.1) is 0 Å². The number of methoxy groups -OCH3 is 1. The van der Waals surface area contributed by atoms with Crippen LogP contribution in [0.4, 0.5) is 10.1 Å². The van der Waals surface area contributed by atoms with Crippen molar-refractivity contribution in [3.63, 3.8) is 0 Å². The molecule has 1 saturated heterocycles. The summed E-state index contributed by atoms with van der Waals surface area (Å²) in [6, 6.07) is 10.3. The first-order valence-corrected chi connectivity index (χ1v) is 11.0. The second-order valence-corrected chi connectivity index (χ2v) is 8.29. The number of hydrogen-bond acceptors (Lipinski definition) is 4. The maximum absolute atomic E-state index is 14.6. The molecule has 1 heterocycles. The van der Waals surface area contributed by atoms with E-state index in [1.807, 2.05) is 12.1 Å². The van der Waals surface area contributed by atoms with Gasteiger partial charge in [0.2, 0.25) is 5.91 Å². The zero-order valence-corrected chi connectivity index (χ0v) is 19.1. The monoisotopic (exact) mass is 478 g/mol. The lowest BCUT2D eigenvalue weighted by Crippen LogP contribution is -2.33. The molecule has 5 nitrogen and oxygen atoms in total. The number of anilines is 1. The summed E-state index contributed by atoms with van der Waals surface area (Å²) in [7, 11) is 1.57. The number of rotatable bonds is 8. The Hall–Kier alpha value is -2.12. The molecule has 2 aromatic carbocycles. The van der Waals surface area contributed by atoms with Crippen molar-refractivity contribution < 1.29 is 18.7 Å². The van der Waals surface area contributed by atoms with Gasteiger partial charge in [0.1, 0.15) is 12.4 Å². The van der Waals surface area contributed by atoms with Gasteiger partial charge in [0, 0.05) is 24.0 Å². The van der Waals surface area contributed by atoms with Crippen LogP contribution in [0.25, 0.3) is 0 Å². The fraction of sp³-hybridized carbons (Fsp3) is 0.435. The first kappa shape index (κ1) is 22.6. The van der Waals surface area contributed by atoms with Crippen LogP contribution in [-0.4, -0.2) is 44.2 Å². The molecule has 0 spiro atoms. The summed E-state index contributed by atoms with van der Waals surface area (Å²) in [6.07, 6.45) is 3.73. The minimum Gasteiger partial charge on any atom is -0.497 e. The average molecular weight is 479 g/mol. The molecule has 0 N–H and O–H groups in total. The number of benzene rings is 2. The molecular weight excluding hydrogens is 451 g/mol. The van der Waals surface area contributed by atoms with Crippen molar-refractivity contribution in [2.45, 2.75) is 32.7 Å². The Morgan fingerprint density at radius 2 is 1.93 bits per heavy atom. The third-order valence-electron chi connectivity index (χ3n) is 5.27. The summed E-state index contributed by atoms with van der Waals surface area (Å²) < 4.78 is 26.3. The highest BCUT2D eigenvalue weighted by atomic mass is 79.9. The Balaban J connectivity index is 1.66. The van der Waals surface area contributed by atoms with Gasteiger partial charge in [-0.25, -0.2) is 4.39 Å². The highest BCUT2D eigenvalue weighted by Crippen LogP contribution is 2.32. The maximum atomic E-state index is 14.6. The Labute approximate surface area is 185 Å². The minimum atomic E-state index is -0.417. The number of hydrogen-bond donors (Lipinski definition) is 0. The van der Waals surface area contributed by atoms with Gasteiger partial charge >= 0.3 is 0 Å². The molecule has 162 valence electrons. The van der Waals surface area contributed by atoms with E-state index in [1.54, 1.807) is 30.2 Å². The van der Waals surface area contributed by atoms with E-state index in [0.717, 1.165) is 24.1 Å². The molecule has 1 aliphatic rings. The van der Waals surface area contributed by atoms with Gasteiger partial charge in [0.05, 0.1) is 19.3 Å². The first-order valence-electron chi connectivity index (χ1n) is 10.2. The summed E-state index contributed by atoms with van der Waals surface area (Å²) in [6.45, 7) is 5.18. The van der Waals surface area contributed by atoms with Gasteiger partial charge in [-0.1, -0.05) is 12.5 Å². The van der Waals surface area contributed by atoms with Crippen LogP contribution in [0.5, 0.6) is 11.5 Å². The molecule has 0 atom stereocenters. The first-order chi connectivity index (χ1) is 14.5. The molecule has 30 heavy (non-hydrogen) atoms. The van der Waals surface area contributed by atoms with Crippen LogP contribution in [0.2, 0.25) is 0 Å². The summed E-state index contributed by atoms with van der Waals surface area (Å²) in [4.78, 5) is 16.2. The predicted molar refractivity (Wildman–Crippen MR) is 120 cm³/mol. The molecule has 0 radical (unpaired) electrons. The molecule has 2 aromatic rings. The molecule has 0 aliphatic carbocycles. The number of piperidine rings is 1. The second kappa shape index (κ2) is 10.8. The smallest absolute Gasteiger partial charge is 0.224 e. The number of carbonyl (C=O) groups is 1. The summed E-state index contributed by atoms with van der Waals surface area (Å²) in [5.41, 5.74) is 1.35. The van der Waals surface area contributed by atoms with Crippen LogP contribution in [-0.2, 0) is 11.3 Å². The number of likely N-dealkylation sites (tertiary alicyclic amines) is 1. The van der Waals surface area contributed by atoms with Crippen molar-refractivity contribution in [3.05, 3.63) is 52.3 Å². The topological polar surface area (TPSA) is 42.0 Å². The fourth-order valence-electron chi connectivity index (χ4n) is 3.60. The highest BCUT2D eigenvalue weighted by Gasteiger charge is 2.17. The van der Waals surface area contributed by atoms with Crippen LogP contribution in [0.15, 0.2) is 40.9 Å². The van der Waals surface area contributed by atoms with Crippen LogP contribution in [0.1, 0.15) is 31.7 Å². The fourth-order valence-corrected chi connectivity index (χ4v) is 4.06. The van der Waals surface area contributed by atoms with Crippen LogP contribution >= 0.6 is 15.9 Å². The maximum Gasteiger partial charge on any atom is 0.224 e. The Morgan fingerprint density at radius 3 is 2.60 bits per heavy atom. The number of nitrogens with zero attached hydrogens (tertiary/aromatic N) is 2. The van der Waals surface area contributed by atoms with Crippen molar-refractivity contribution in [3.8, 4) is 11.5 Å². The quantitative estimate of drug-likeness (QED) is 0.534. The van der Waals surface area contributed by atoms with Gasteiger partial charge in [-0.2, -0.15) is 0 Å². The van der Waals surface area contributed by atoms with E-state index in [2.05, 4.69) is 20.8 Å². The zero-order chi connectivity index (χ0) is 21.5. The Kier molecular flexibility index (Phi) is 8.10. The van der Waals surface area contributed by atoms with Crippen molar-refractivity contribution in [2.24, 2.45) is 0 Å². The Morgan fingerprint density at radius 1 is 1.17 bits per heavy atom. The lowest BCUT2D eigenvalue weighted by atomic mass is 10.1. The summed E-state index contributed by atoms with van der Waals surface area (Å²) in [5.74, 6) is 0.321. The molecule has 3 rings (SSSR count). The summed E-state index contributed by atoms with van der Waals surface area (Å²) in [5, 5.41) is 0. The van der Waals surface area contributed by atoms with Gasteiger partial charge in [0.15, 0.2) is 11.6 Å². The van der Waals surface area contributed by atoms with Gasteiger partial charge in [0.25, 0.3) is 0 Å². The highest BCUT2D eigenvalue weighted by molar-refractivity contribution is 9.10. The molecule has 7 heteroatoms. The Bertz CT molecular complexity index is 872. The normalized spacial score (nSPS) is 14.4. The molecular formula is C23H28BrFN2O3. The number of carbonyl (C=O) groups excluding carboxylic acids is 1. The third kappa shape index (κ3) is 5.95. The van der Waals surface area contributed by atoms with E-state index in [-0.39, 0.29) is 18.2 Å². The van der Waals surface area contributed by atoms with E-state index < -0.39 is 5.82 Å². The largest absolute Gasteiger partial charge is 0.497 e. The number of halogens is 2. The zero-order valence-electron chi connectivity index (χ0n) is 17.5. The van der Waals surface area contributed by atoms with Crippen molar-refractivity contribution >= 4 is 27.5 Å². The SMILES string of the molecule is COc1ccc(Br)c(N(Cc2ccc(OCCN3CCCCC3)c(F)c2)C(C)=O)c1. The van der Waals surface area contributed by atoms with Crippen LogP contribution in [0, 0.1) is 5.82 Å². The predicted octanol–water partition coefficient (Wildman–Crippen LogP) is 5.01. The third-order valence-corrected chi connectivity index (χ3v) is 5.95.